The maximum absolute atomic E-state index is 12.4. The third-order valence-corrected chi connectivity index (χ3v) is 4.51. The Morgan fingerprint density at radius 3 is 2.34 bits per heavy atom. The summed E-state index contributed by atoms with van der Waals surface area (Å²) in [4.78, 5) is 32.9. The number of amides is 1. The molecule has 0 atom stereocenters. The first-order valence-electron chi connectivity index (χ1n) is 9.42. The minimum absolute atomic E-state index is 0.170. The first-order chi connectivity index (χ1) is 15.5. The summed E-state index contributed by atoms with van der Waals surface area (Å²) in [6, 6.07) is 11.1. The van der Waals surface area contributed by atoms with Crippen LogP contribution in [0.15, 0.2) is 53.3 Å². The summed E-state index contributed by atoms with van der Waals surface area (Å²) in [5.41, 5.74) is 0.799. The van der Waals surface area contributed by atoms with Gasteiger partial charge in [-0.15, -0.1) is 0 Å². The predicted octanol–water partition coefficient (Wildman–Crippen LogP) is 3.56. The van der Waals surface area contributed by atoms with Crippen LogP contribution < -0.4 is 19.5 Å². The SMILES string of the molecule is COc1cc2ncnc(Oc3ccc(C(=O)C(=O)Nc4cc(C)on4)cc3)c2cc1OC. The Morgan fingerprint density at radius 1 is 0.969 bits per heavy atom. The Labute approximate surface area is 182 Å². The zero-order valence-corrected chi connectivity index (χ0v) is 17.4. The lowest BCUT2D eigenvalue weighted by Gasteiger charge is -2.11. The van der Waals surface area contributed by atoms with E-state index in [4.69, 9.17) is 18.7 Å². The maximum atomic E-state index is 12.4. The smallest absolute Gasteiger partial charge is 0.298 e. The summed E-state index contributed by atoms with van der Waals surface area (Å²) < 4.78 is 21.4. The van der Waals surface area contributed by atoms with E-state index in [1.807, 2.05) is 0 Å². The van der Waals surface area contributed by atoms with Crippen molar-refractivity contribution in [3.05, 3.63) is 60.1 Å². The van der Waals surface area contributed by atoms with E-state index < -0.39 is 11.7 Å². The van der Waals surface area contributed by atoms with Crippen molar-refractivity contribution in [2.75, 3.05) is 19.5 Å². The van der Waals surface area contributed by atoms with Crippen LogP contribution in [-0.2, 0) is 4.79 Å². The predicted molar refractivity (Wildman–Crippen MR) is 113 cm³/mol. The van der Waals surface area contributed by atoms with Gasteiger partial charge in [0.15, 0.2) is 17.3 Å². The van der Waals surface area contributed by atoms with Crippen molar-refractivity contribution in [2.45, 2.75) is 6.92 Å². The van der Waals surface area contributed by atoms with E-state index in [0.717, 1.165) is 0 Å². The van der Waals surface area contributed by atoms with Gasteiger partial charge in [-0.25, -0.2) is 9.97 Å². The number of nitrogens with zero attached hydrogens (tertiary/aromatic N) is 3. The highest BCUT2D eigenvalue weighted by atomic mass is 16.5. The second-order valence-corrected chi connectivity index (χ2v) is 6.64. The van der Waals surface area contributed by atoms with Crippen molar-refractivity contribution in [1.82, 2.24) is 15.1 Å². The van der Waals surface area contributed by atoms with Gasteiger partial charge in [0, 0.05) is 17.7 Å². The van der Waals surface area contributed by atoms with Crippen LogP contribution in [0.25, 0.3) is 10.9 Å². The number of nitrogens with one attached hydrogen (secondary N) is 1. The monoisotopic (exact) mass is 434 g/mol. The number of fused-ring (bicyclic) bond motifs is 1. The molecule has 162 valence electrons. The molecule has 10 nitrogen and oxygen atoms in total. The highest BCUT2D eigenvalue weighted by molar-refractivity contribution is 6.46. The summed E-state index contributed by atoms with van der Waals surface area (Å²) in [7, 11) is 3.07. The van der Waals surface area contributed by atoms with Gasteiger partial charge in [-0.2, -0.15) is 0 Å². The van der Waals surface area contributed by atoms with Crippen LogP contribution in [0.3, 0.4) is 0 Å². The van der Waals surface area contributed by atoms with Gasteiger partial charge in [0.1, 0.15) is 17.8 Å². The first kappa shape index (κ1) is 20.8. The van der Waals surface area contributed by atoms with Gasteiger partial charge in [-0.3, -0.25) is 9.59 Å². The van der Waals surface area contributed by atoms with E-state index in [9.17, 15) is 9.59 Å². The molecule has 2 aromatic heterocycles. The molecule has 0 aliphatic carbocycles. The van der Waals surface area contributed by atoms with Gasteiger partial charge >= 0.3 is 0 Å². The number of ether oxygens (including phenoxy) is 3. The second kappa shape index (κ2) is 8.72. The summed E-state index contributed by atoms with van der Waals surface area (Å²) >= 11 is 0. The van der Waals surface area contributed by atoms with Crippen LogP contribution in [0.5, 0.6) is 23.1 Å². The number of benzene rings is 2. The van der Waals surface area contributed by atoms with Crippen molar-refractivity contribution >= 4 is 28.4 Å². The normalized spacial score (nSPS) is 10.6. The number of Topliss-reactive ketones (excluding diaryl/α,β-unsaturated/α-hetero) is 1. The average Bonchev–Trinajstić information content (AvgIpc) is 3.22. The van der Waals surface area contributed by atoms with E-state index in [-0.39, 0.29) is 11.4 Å². The molecule has 10 heteroatoms. The lowest BCUT2D eigenvalue weighted by molar-refractivity contribution is -0.112. The Kier molecular flexibility index (Phi) is 5.67. The largest absolute Gasteiger partial charge is 0.493 e. The Bertz CT molecular complexity index is 1300. The number of aryl methyl sites for hydroxylation is 1. The van der Waals surface area contributed by atoms with Crippen molar-refractivity contribution in [2.24, 2.45) is 0 Å². The van der Waals surface area contributed by atoms with Crippen LogP contribution in [0, 0.1) is 6.92 Å². The number of anilines is 1. The minimum Gasteiger partial charge on any atom is -0.493 e. The van der Waals surface area contributed by atoms with Gasteiger partial charge in [0.25, 0.3) is 11.7 Å². The molecule has 0 radical (unpaired) electrons. The third-order valence-electron chi connectivity index (χ3n) is 4.51. The molecule has 0 spiro atoms. The molecular formula is C22H18N4O6. The number of aromatic nitrogens is 3. The molecule has 32 heavy (non-hydrogen) atoms. The van der Waals surface area contributed by atoms with Crippen LogP contribution in [0.1, 0.15) is 16.1 Å². The van der Waals surface area contributed by atoms with E-state index in [2.05, 4.69) is 20.4 Å². The van der Waals surface area contributed by atoms with Crippen molar-refractivity contribution in [3.63, 3.8) is 0 Å². The lowest BCUT2D eigenvalue weighted by Crippen LogP contribution is -2.22. The van der Waals surface area contributed by atoms with E-state index in [1.165, 1.54) is 38.7 Å². The van der Waals surface area contributed by atoms with E-state index in [1.54, 1.807) is 31.2 Å². The molecule has 4 aromatic rings. The molecule has 0 aliphatic heterocycles. The molecule has 4 rings (SSSR count). The number of ketones is 1. The van der Waals surface area contributed by atoms with Crippen LogP contribution in [0.2, 0.25) is 0 Å². The lowest BCUT2D eigenvalue weighted by atomic mass is 10.1. The second-order valence-electron chi connectivity index (χ2n) is 6.64. The topological polar surface area (TPSA) is 126 Å². The summed E-state index contributed by atoms with van der Waals surface area (Å²) in [6.45, 7) is 1.68. The number of carbonyl (C=O) groups is 2. The van der Waals surface area contributed by atoms with Gasteiger partial charge < -0.3 is 24.1 Å². The Balaban J connectivity index is 1.53. The van der Waals surface area contributed by atoms with Crippen molar-refractivity contribution in [1.29, 1.82) is 0 Å². The Hall–Kier alpha value is -4.47. The zero-order chi connectivity index (χ0) is 22.7. The van der Waals surface area contributed by atoms with Crippen LogP contribution in [-0.4, -0.2) is 41.0 Å². The van der Waals surface area contributed by atoms with Crippen molar-refractivity contribution < 1.29 is 28.3 Å². The van der Waals surface area contributed by atoms with Crippen LogP contribution in [0.4, 0.5) is 5.82 Å². The standard InChI is InChI=1S/C22H18N4O6/c1-12-8-19(26-32-12)25-21(28)20(27)13-4-6-14(7-5-13)31-22-15-9-17(29-2)18(30-3)10-16(15)23-11-24-22/h4-11H,1-3H3,(H,25,26,28). The molecule has 1 N–H and O–H groups in total. The maximum Gasteiger partial charge on any atom is 0.298 e. The fourth-order valence-electron chi connectivity index (χ4n) is 2.96. The number of hydrogen-bond donors (Lipinski definition) is 1. The third kappa shape index (κ3) is 4.19. The first-order valence-corrected chi connectivity index (χ1v) is 9.42. The van der Waals surface area contributed by atoms with Gasteiger partial charge in [0.2, 0.25) is 5.88 Å². The molecule has 0 saturated carbocycles. The molecule has 0 bridgehead atoms. The van der Waals surface area contributed by atoms with Crippen LogP contribution >= 0.6 is 0 Å². The Morgan fingerprint density at radius 2 is 1.69 bits per heavy atom. The zero-order valence-electron chi connectivity index (χ0n) is 17.4. The number of rotatable bonds is 7. The molecule has 0 aliphatic rings. The molecule has 0 unspecified atom stereocenters. The fraction of sp³-hybridized carbons (Fsp3) is 0.136. The molecule has 1 amide bonds. The average molecular weight is 434 g/mol. The molecule has 0 saturated heterocycles. The molecule has 2 aromatic carbocycles. The molecule has 2 heterocycles. The van der Waals surface area contributed by atoms with Crippen molar-refractivity contribution in [3.8, 4) is 23.1 Å². The highest BCUT2D eigenvalue weighted by Gasteiger charge is 2.18. The highest BCUT2D eigenvalue weighted by Crippen LogP contribution is 2.35. The van der Waals surface area contributed by atoms with E-state index in [0.29, 0.717) is 39.8 Å². The fourth-order valence-corrected chi connectivity index (χ4v) is 2.96. The summed E-state index contributed by atoms with van der Waals surface area (Å²) in [6.07, 6.45) is 1.37. The summed E-state index contributed by atoms with van der Waals surface area (Å²) in [5, 5.41) is 6.64. The number of methoxy groups -OCH3 is 2. The quantitative estimate of drug-likeness (QED) is 0.343. The molecular weight excluding hydrogens is 416 g/mol. The number of hydrogen-bond acceptors (Lipinski definition) is 9. The van der Waals surface area contributed by atoms with E-state index >= 15 is 0 Å². The minimum atomic E-state index is -0.824. The summed E-state index contributed by atoms with van der Waals surface area (Å²) in [5.74, 6) is 0.904. The van der Waals surface area contributed by atoms with Gasteiger partial charge in [-0.1, -0.05) is 5.16 Å². The number of carbonyl (C=O) groups excluding carboxylic acids is 2. The molecule has 0 fully saturated rings. The van der Waals surface area contributed by atoms with Gasteiger partial charge in [0.05, 0.1) is 25.1 Å². The van der Waals surface area contributed by atoms with Gasteiger partial charge in [-0.05, 0) is 37.3 Å².